The molecule has 1 rings (SSSR count). The molecule has 0 radical (unpaired) electrons. The Hall–Kier alpha value is -1.24. The molecule has 1 aromatic carbocycles. The monoisotopic (exact) mass is 272 g/mol. The van der Waals surface area contributed by atoms with Crippen LogP contribution in [0.2, 0.25) is 0 Å². The van der Waals surface area contributed by atoms with Gasteiger partial charge in [-0.15, -0.1) is 0 Å². The number of hydrogen-bond donors (Lipinski definition) is 4. The van der Waals surface area contributed by atoms with Gasteiger partial charge >= 0.3 is 5.97 Å². The summed E-state index contributed by atoms with van der Waals surface area (Å²) >= 11 is 3.98. The van der Waals surface area contributed by atoms with Crippen LogP contribution in [0.5, 0.6) is 5.75 Å². The second-order valence-electron chi connectivity index (χ2n) is 3.79. The molecule has 0 amide bonds. The number of carboxylic acid groups (broad SMARTS) is 1. The number of hydrogen-bond acceptors (Lipinski definition) is 5. The van der Waals surface area contributed by atoms with Gasteiger partial charge in [0.15, 0.2) is 0 Å². The van der Waals surface area contributed by atoms with Crippen LogP contribution in [0.25, 0.3) is 0 Å². The van der Waals surface area contributed by atoms with Crippen LogP contribution >= 0.6 is 12.6 Å². The van der Waals surface area contributed by atoms with E-state index in [4.69, 9.17) is 9.84 Å². The number of benzene rings is 1. The molecule has 2 unspecified atom stereocenters. The highest BCUT2D eigenvalue weighted by Crippen LogP contribution is 2.29. The summed E-state index contributed by atoms with van der Waals surface area (Å²) in [4.78, 5) is 10.8. The van der Waals surface area contributed by atoms with Crippen LogP contribution in [-0.4, -0.2) is 40.3 Å². The maximum atomic E-state index is 10.8. The SMILES string of the molecule is COc1cc(C(=O)O)ccc1C(O)C(O)CCS. The average Bonchev–Trinajstić information content (AvgIpc) is 2.37. The summed E-state index contributed by atoms with van der Waals surface area (Å²) in [6, 6.07) is 4.11. The summed E-state index contributed by atoms with van der Waals surface area (Å²) in [6.07, 6.45) is -1.77. The van der Waals surface area contributed by atoms with E-state index in [2.05, 4.69) is 12.6 Å². The van der Waals surface area contributed by atoms with Gasteiger partial charge in [-0.3, -0.25) is 0 Å². The fourth-order valence-electron chi connectivity index (χ4n) is 1.59. The van der Waals surface area contributed by atoms with E-state index in [0.717, 1.165) is 0 Å². The molecular formula is C12H16O5S. The molecule has 0 saturated heterocycles. The van der Waals surface area contributed by atoms with Crippen LogP contribution in [0.15, 0.2) is 18.2 Å². The van der Waals surface area contributed by atoms with E-state index in [1.54, 1.807) is 0 Å². The second-order valence-corrected chi connectivity index (χ2v) is 4.23. The smallest absolute Gasteiger partial charge is 0.335 e. The van der Waals surface area contributed by atoms with E-state index >= 15 is 0 Å². The summed E-state index contributed by atoms with van der Waals surface area (Å²) in [5, 5.41) is 28.5. The second kappa shape index (κ2) is 6.63. The van der Waals surface area contributed by atoms with Crippen LogP contribution < -0.4 is 4.74 Å². The van der Waals surface area contributed by atoms with Crippen molar-refractivity contribution in [2.24, 2.45) is 0 Å². The van der Waals surface area contributed by atoms with E-state index < -0.39 is 18.2 Å². The van der Waals surface area contributed by atoms with E-state index in [0.29, 0.717) is 17.7 Å². The maximum Gasteiger partial charge on any atom is 0.335 e. The molecule has 2 atom stereocenters. The number of methoxy groups -OCH3 is 1. The lowest BCUT2D eigenvalue weighted by Crippen LogP contribution is -2.19. The van der Waals surface area contributed by atoms with Crippen molar-refractivity contribution in [1.82, 2.24) is 0 Å². The molecular weight excluding hydrogens is 256 g/mol. The van der Waals surface area contributed by atoms with E-state index in [-0.39, 0.29) is 11.3 Å². The molecule has 0 saturated carbocycles. The molecule has 6 heteroatoms. The normalized spacial score (nSPS) is 14.0. The quantitative estimate of drug-likeness (QED) is 0.583. The zero-order valence-electron chi connectivity index (χ0n) is 9.91. The number of rotatable bonds is 6. The molecule has 1 aromatic rings. The molecule has 100 valence electrons. The van der Waals surface area contributed by atoms with Crippen molar-refractivity contribution in [1.29, 1.82) is 0 Å². The van der Waals surface area contributed by atoms with Gasteiger partial charge in [0.1, 0.15) is 11.9 Å². The predicted octanol–water partition coefficient (Wildman–Crippen LogP) is 1.11. The Balaban J connectivity index is 3.05. The highest BCUT2D eigenvalue weighted by Gasteiger charge is 2.22. The molecule has 0 heterocycles. The van der Waals surface area contributed by atoms with Crippen molar-refractivity contribution >= 4 is 18.6 Å². The Morgan fingerprint density at radius 3 is 2.61 bits per heavy atom. The van der Waals surface area contributed by atoms with Gasteiger partial charge in [-0.05, 0) is 24.3 Å². The summed E-state index contributed by atoms with van der Waals surface area (Å²) in [5.74, 6) is -0.404. The van der Waals surface area contributed by atoms with Gasteiger partial charge in [0.05, 0.1) is 18.8 Å². The molecule has 0 aliphatic rings. The van der Waals surface area contributed by atoms with Crippen molar-refractivity contribution in [2.45, 2.75) is 18.6 Å². The first-order chi connectivity index (χ1) is 8.51. The zero-order valence-corrected chi connectivity index (χ0v) is 10.8. The lowest BCUT2D eigenvalue weighted by molar-refractivity contribution is 0.0159. The van der Waals surface area contributed by atoms with Gasteiger partial charge < -0.3 is 20.1 Å². The van der Waals surface area contributed by atoms with Crippen LogP contribution in [0.4, 0.5) is 0 Å². The third-order valence-corrected chi connectivity index (χ3v) is 2.85. The van der Waals surface area contributed by atoms with Crippen LogP contribution in [0.1, 0.15) is 28.4 Å². The molecule has 0 aromatic heterocycles. The molecule has 0 bridgehead atoms. The number of thiol groups is 1. The Labute approximate surface area is 110 Å². The minimum absolute atomic E-state index is 0.0616. The van der Waals surface area contributed by atoms with Gasteiger partial charge in [0, 0.05) is 5.56 Å². The molecule has 5 nitrogen and oxygen atoms in total. The molecule has 0 fully saturated rings. The van der Waals surface area contributed by atoms with Crippen molar-refractivity contribution < 1.29 is 24.9 Å². The number of aliphatic hydroxyl groups is 2. The maximum absolute atomic E-state index is 10.8. The first-order valence-corrected chi connectivity index (χ1v) is 6.02. The molecule has 0 aliphatic heterocycles. The minimum Gasteiger partial charge on any atom is -0.496 e. The van der Waals surface area contributed by atoms with Crippen molar-refractivity contribution in [3.8, 4) is 5.75 Å². The van der Waals surface area contributed by atoms with Gasteiger partial charge in [-0.1, -0.05) is 6.07 Å². The van der Waals surface area contributed by atoms with Gasteiger partial charge in [0.2, 0.25) is 0 Å². The van der Waals surface area contributed by atoms with Gasteiger partial charge in [0.25, 0.3) is 0 Å². The first kappa shape index (κ1) is 14.8. The van der Waals surface area contributed by atoms with E-state index in [1.165, 1.54) is 25.3 Å². The number of carboxylic acids is 1. The number of ether oxygens (including phenoxy) is 1. The topological polar surface area (TPSA) is 87.0 Å². The Morgan fingerprint density at radius 1 is 1.44 bits per heavy atom. The summed E-state index contributed by atoms with van der Waals surface area (Å²) in [7, 11) is 1.38. The average molecular weight is 272 g/mol. The number of aliphatic hydroxyl groups excluding tert-OH is 2. The Bertz CT molecular complexity index is 421. The minimum atomic E-state index is -1.13. The van der Waals surface area contributed by atoms with Gasteiger partial charge in [-0.25, -0.2) is 4.79 Å². The Morgan fingerprint density at radius 2 is 2.11 bits per heavy atom. The van der Waals surface area contributed by atoms with E-state index in [9.17, 15) is 15.0 Å². The van der Waals surface area contributed by atoms with Crippen molar-refractivity contribution in [2.75, 3.05) is 12.9 Å². The van der Waals surface area contributed by atoms with Crippen molar-refractivity contribution in [3.05, 3.63) is 29.3 Å². The highest BCUT2D eigenvalue weighted by atomic mass is 32.1. The van der Waals surface area contributed by atoms with Crippen LogP contribution in [-0.2, 0) is 0 Å². The Kier molecular flexibility index (Phi) is 5.46. The third-order valence-electron chi connectivity index (χ3n) is 2.59. The molecule has 0 spiro atoms. The predicted molar refractivity (Wildman–Crippen MR) is 69.4 cm³/mol. The lowest BCUT2D eigenvalue weighted by atomic mass is 10.00. The van der Waals surface area contributed by atoms with Crippen molar-refractivity contribution in [3.63, 3.8) is 0 Å². The summed E-state index contributed by atoms with van der Waals surface area (Å²) in [5.41, 5.74) is 0.420. The standard InChI is InChI=1S/C12H16O5S/c1-17-10-6-7(12(15)16)2-3-8(10)11(14)9(13)4-5-18/h2-3,6,9,11,13-14,18H,4-5H2,1H3,(H,15,16). The number of aromatic carboxylic acids is 1. The zero-order chi connectivity index (χ0) is 13.7. The third kappa shape index (κ3) is 3.38. The summed E-state index contributed by atoms with van der Waals surface area (Å²) < 4.78 is 5.03. The summed E-state index contributed by atoms with van der Waals surface area (Å²) in [6.45, 7) is 0. The molecule has 18 heavy (non-hydrogen) atoms. The van der Waals surface area contributed by atoms with Crippen LogP contribution in [0.3, 0.4) is 0 Å². The highest BCUT2D eigenvalue weighted by molar-refractivity contribution is 7.80. The first-order valence-electron chi connectivity index (χ1n) is 5.39. The number of carbonyl (C=O) groups is 1. The van der Waals surface area contributed by atoms with Crippen LogP contribution in [0, 0.1) is 0 Å². The fourth-order valence-corrected chi connectivity index (χ4v) is 1.85. The molecule has 0 aliphatic carbocycles. The van der Waals surface area contributed by atoms with Gasteiger partial charge in [-0.2, -0.15) is 12.6 Å². The molecule has 3 N–H and O–H groups in total. The largest absolute Gasteiger partial charge is 0.496 e. The lowest BCUT2D eigenvalue weighted by Gasteiger charge is -2.19. The van der Waals surface area contributed by atoms with E-state index in [1.807, 2.05) is 0 Å². The fraction of sp³-hybridized carbons (Fsp3) is 0.417.